The summed E-state index contributed by atoms with van der Waals surface area (Å²) in [6, 6.07) is 6.03. The molecule has 0 atom stereocenters. The third kappa shape index (κ3) is 4.44. The van der Waals surface area contributed by atoms with Gasteiger partial charge in [0.05, 0.1) is 4.90 Å². The lowest BCUT2D eigenvalue weighted by atomic mass is 10.0. The number of hydrogen-bond acceptors (Lipinski definition) is 3. The van der Waals surface area contributed by atoms with Crippen LogP contribution >= 0.6 is 0 Å². The monoisotopic (exact) mass is 283 g/mol. The quantitative estimate of drug-likeness (QED) is 0.864. The summed E-state index contributed by atoms with van der Waals surface area (Å²) < 4.78 is 26.7. The van der Waals surface area contributed by atoms with Gasteiger partial charge in [-0.25, -0.2) is 13.1 Å². The van der Waals surface area contributed by atoms with Gasteiger partial charge in [0.15, 0.2) is 5.78 Å². The second-order valence-corrected chi connectivity index (χ2v) is 7.58. The summed E-state index contributed by atoms with van der Waals surface area (Å²) in [5.41, 5.74) is -0.00431. The lowest BCUT2D eigenvalue weighted by Gasteiger charge is -2.20. The first-order valence-electron chi connectivity index (χ1n) is 6.21. The molecule has 0 aliphatic rings. The van der Waals surface area contributed by atoms with Crippen molar-refractivity contribution in [1.29, 1.82) is 0 Å². The third-order valence-electron chi connectivity index (χ3n) is 2.41. The minimum absolute atomic E-state index is 0.00716. The maximum absolute atomic E-state index is 12.1. The zero-order valence-corrected chi connectivity index (χ0v) is 12.8. The highest BCUT2D eigenvalue weighted by Gasteiger charge is 2.22. The molecule has 0 amide bonds. The fraction of sp³-hybridized carbons (Fsp3) is 0.500. The molecule has 0 aromatic heterocycles. The van der Waals surface area contributed by atoms with Crippen LogP contribution in [0.1, 0.15) is 45.0 Å². The smallest absolute Gasteiger partial charge is 0.241 e. The molecule has 19 heavy (non-hydrogen) atoms. The van der Waals surface area contributed by atoms with E-state index in [9.17, 15) is 13.2 Å². The summed E-state index contributed by atoms with van der Waals surface area (Å²) in [5, 5.41) is 0. The van der Waals surface area contributed by atoms with E-state index in [1.54, 1.807) is 32.9 Å². The minimum Gasteiger partial charge on any atom is -0.294 e. The van der Waals surface area contributed by atoms with Crippen molar-refractivity contribution < 1.29 is 13.2 Å². The molecule has 4 nitrogen and oxygen atoms in total. The Hall–Kier alpha value is -1.20. The SMILES string of the molecule is CC(C)C(=O)c1ccc(S(=O)(=O)NC(C)(C)C)cc1. The normalized spacial score (nSPS) is 12.7. The molecule has 1 N–H and O–H groups in total. The zero-order chi connectivity index (χ0) is 14.8. The van der Waals surface area contributed by atoms with Crippen molar-refractivity contribution in [3.8, 4) is 0 Å². The van der Waals surface area contributed by atoms with Gasteiger partial charge >= 0.3 is 0 Å². The third-order valence-corrected chi connectivity index (χ3v) is 4.19. The maximum atomic E-state index is 12.1. The second kappa shape index (κ2) is 5.43. The molecule has 0 saturated heterocycles. The summed E-state index contributed by atoms with van der Waals surface area (Å²) in [7, 11) is -3.54. The number of hydrogen-bond donors (Lipinski definition) is 1. The number of nitrogens with one attached hydrogen (secondary N) is 1. The van der Waals surface area contributed by atoms with Crippen LogP contribution < -0.4 is 4.72 Å². The lowest BCUT2D eigenvalue weighted by Crippen LogP contribution is -2.40. The Balaban J connectivity index is 3.03. The van der Waals surface area contributed by atoms with Crippen molar-refractivity contribution in [1.82, 2.24) is 4.72 Å². The molecular formula is C14H21NO3S. The average molecular weight is 283 g/mol. The van der Waals surface area contributed by atoms with E-state index in [1.807, 2.05) is 13.8 Å². The summed E-state index contributed by atoms with van der Waals surface area (Å²) >= 11 is 0. The first-order valence-corrected chi connectivity index (χ1v) is 7.69. The van der Waals surface area contributed by atoms with Crippen molar-refractivity contribution in [2.75, 3.05) is 0 Å². The molecule has 1 aromatic carbocycles. The van der Waals surface area contributed by atoms with Gasteiger partial charge in [-0.15, -0.1) is 0 Å². The molecule has 0 saturated carbocycles. The van der Waals surface area contributed by atoms with Crippen LogP contribution in [0.15, 0.2) is 29.2 Å². The van der Waals surface area contributed by atoms with Crippen molar-refractivity contribution in [2.24, 2.45) is 5.92 Å². The molecule has 5 heteroatoms. The van der Waals surface area contributed by atoms with Gasteiger partial charge in [-0.05, 0) is 32.9 Å². The van der Waals surface area contributed by atoms with Crippen LogP contribution in [0.3, 0.4) is 0 Å². The molecule has 0 bridgehead atoms. The molecule has 1 rings (SSSR count). The maximum Gasteiger partial charge on any atom is 0.241 e. The van der Waals surface area contributed by atoms with Crippen LogP contribution in [0.25, 0.3) is 0 Å². The molecule has 1 aromatic rings. The van der Waals surface area contributed by atoms with E-state index in [4.69, 9.17) is 0 Å². The molecule has 0 spiro atoms. The Morgan fingerprint density at radius 3 is 1.95 bits per heavy atom. The number of benzene rings is 1. The molecule has 106 valence electrons. The molecule has 0 radical (unpaired) electrons. The number of ketones is 1. The minimum atomic E-state index is -3.54. The Morgan fingerprint density at radius 2 is 1.58 bits per heavy atom. The first-order chi connectivity index (χ1) is 8.53. The van der Waals surface area contributed by atoms with E-state index < -0.39 is 15.6 Å². The predicted molar refractivity (Wildman–Crippen MR) is 75.7 cm³/mol. The van der Waals surface area contributed by atoms with Crippen molar-refractivity contribution >= 4 is 15.8 Å². The topological polar surface area (TPSA) is 63.2 Å². The number of Topliss-reactive ketones (excluding diaryl/α,β-unsaturated/α-hetero) is 1. The summed E-state index contributed by atoms with van der Waals surface area (Å²) in [5.74, 6) is -0.0946. The number of carbonyl (C=O) groups excluding carboxylic acids is 1. The highest BCUT2D eigenvalue weighted by atomic mass is 32.2. The first kappa shape index (κ1) is 15.9. The molecule has 0 heterocycles. The van der Waals surface area contributed by atoms with Crippen molar-refractivity contribution in [2.45, 2.75) is 45.1 Å². The fourth-order valence-corrected chi connectivity index (χ4v) is 3.01. The lowest BCUT2D eigenvalue weighted by molar-refractivity contribution is 0.0939. The van der Waals surface area contributed by atoms with Crippen LogP contribution in [-0.4, -0.2) is 19.7 Å². The highest BCUT2D eigenvalue weighted by Crippen LogP contribution is 2.15. The van der Waals surface area contributed by atoms with Gasteiger partial charge in [-0.1, -0.05) is 26.0 Å². The number of sulfonamides is 1. The standard InChI is InChI=1S/C14H21NO3S/c1-10(2)13(16)11-6-8-12(9-7-11)19(17,18)15-14(3,4)5/h6-10,15H,1-5H3. The van der Waals surface area contributed by atoms with Gasteiger partial charge in [0, 0.05) is 17.0 Å². The predicted octanol–water partition coefficient (Wildman–Crippen LogP) is 2.60. The second-order valence-electron chi connectivity index (χ2n) is 5.90. The molecular weight excluding hydrogens is 262 g/mol. The Morgan fingerprint density at radius 1 is 1.11 bits per heavy atom. The van der Waals surface area contributed by atoms with E-state index in [2.05, 4.69) is 4.72 Å². The van der Waals surface area contributed by atoms with E-state index in [1.165, 1.54) is 12.1 Å². The van der Waals surface area contributed by atoms with Gasteiger partial charge in [0.1, 0.15) is 0 Å². The summed E-state index contributed by atoms with van der Waals surface area (Å²) in [4.78, 5) is 11.9. The van der Waals surface area contributed by atoms with Crippen LogP contribution in [0.2, 0.25) is 0 Å². The van der Waals surface area contributed by atoms with Gasteiger partial charge in [-0.2, -0.15) is 0 Å². The van der Waals surface area contributed by atoms with Gasteiger partial charge in [-0.3, -0.25) is 4.79 Å². The van der Waals surface area contributed by atoms with Crippen LogP contribution in [-0.2, 0) is 10.0 Å². The molecule has 0 fully saturated rings. The van der Waals surface area contributed by atoms with Gasteiger partial charge in [0.25, 0.3) is 0 Å². The largest absolute Gasteiger partial charge is 0.294 e. The van der Waals surface area contributed by atoms with E-state index in [0.717, 1.165) is 0 Å². The Bertz CT molecular complexity index is 551. The van der Waals surface area contributed by atoms with Crippen LogP contribution in [0.4, 0.5) is 0 Å². The zero-order valence-electron chi connectivity index (χ0n) is 12.0. The average Bonchev–Trinajstić information content (AvgIpc) is 2.25. The molecule has 0 unspecified atom stereocenters. The van der Waals surface area contributed by atoms with Crippen LogP contribution in [0.5, 0.6) is 0 Å². The molecule has 0 aliphatic carbocycles. The van der Waals surface area contributed by atoms with E-state index in [0.29, 0.717) is 5.56 Å². The van der Waals surface area contributed by atoms with Gasteiger partial charge in [0.2, 0.25) is 10.0 Å². The highest BCUT2D eigenvalue weighted by molar-refractivity contribution is 7.89. The Kier molecular flexibility index (Phi) is 4.53. The summed E-state index contributed by atoms with van der Waals surface area (Å²) in [6.07, 6.45) is 0. The van der Waals surface area contributed by atoms with E-state index >= 15 is 0 Å². The van der Waals surface area contributed by atoms with E-state index in [-0.39, 0.29) is 16.6 Å². The number of rotatable bonds is 4. The fourth-order valence-electron chi connectivity index (χ4n) is 1.59. The summed E-state index contributed by atoms with van der Waals surface area (Å²) in [6.45, 7) is 8.96. The van der Waals surface area contributed by atoms with Crippen molar-refractivity contribution in [3.63, 3.8) is 0 Å². The number of carbonyl (C=O) groups is 1. The van der Waals surface area contributed by atoms with Crippen molar-refractivity contribution in [3.05, 3.63) is 29.8 Å². The Labute approximate surface area is 115 Å². The molecule has 0 aliphatic heterocycles. The van der Waals surface area contributed by atoms with Gasteiger partial charge < -0.3 is 0 Å². The van der Waals surface area contributed by atoms with Crippen LogP contribution in [0, 0.1) is 5.92 Å².